The van der Waals surface area contributed by atoms with Crippen LogP contribution in [-0.4, -0.2) is 17.1 Å². The lowest BCUT2D eigenvalue weighted by Gasteiger charge is -2.00. The van der Waals surface area contributed by atoms with Gasteiger partial charge in [-0.15, -0.1) is 0 Å². The molecule has 3 atom stereocenters. The quantitative estimate of drug-likeness (QED) is 0.557. The Balaban J connectivity index is 3.94. The van der Waals surface area contributed by atoms with Crippen molar-refractivity contribution in [3.8, 4) is 0 Å². The van der Waals surface area contributed by atoms with Gasteiger partial charge >= 0.3 is 5.97 Å². The smallest absolute Gasteiger partial charge is 0.320 e. The standard InChI is InChI=1S/C5H11NO2/c1-2-3-4(6)5(7)8/h4H,2-3,6H2,1H3,(H,7,8)/i2D,3D. The second-order valence-electron chi connectivity index (χ2n) is 1.39. The van der Waals surface area contributed by atoms with Crippen LogP contribution in [0.1, 0.15) is 22.5 Å². The average Bonchev–Trinajstić information content (AvgIpc) is 1.84. The van der Waals surface area contributed by atoms with E-state index in [-0.39, 0.29) is 0 Å². The Morgan fingerprint density at radius 2 is 2.62 bits per heavy atom. The van der Waals surface area contributed by atoms with Crippen LogP contribution in [0.3, 0.4) is 0 Å². The van der Waals surface area contributed by atoms with E-state index in [0.717, 1.165) is 0 Å². The third-order valence-electron chi connectivity index (χ3n) is 0.685. The Morgan fingerprint density at radius 1 is 2.12 bits per heavy atom. The van der Waals surface area contributed by atoms with Crippen molar-refractivity contribution in [2.45, 2.75) is 25.8 Å². The molecule has 0 spiro atoms. The molecule has 0 heterocycles. The van der Waals surface area contributed by atoms with Crippen molar-refractivity contribution >= 4 is 5.97 Å². The molecule has 0 aromatic heterocycles. The first-order valence-electron chi connectivity index (χ1n) is 3.45. The molecule has 0 saturated carbocycles. The zero-order valence-electron chi connectivity index (χ0n) is 6.66. The monoisotopic (exact) mass is 119 g/mol. The predicted octanol–water partition coefficient (Wildman–Crippen LogP) is 0.198. The van der Waals surface area contributed by atoms with Gasteiger partial charge in [-0.25, -0.2) is 0 Å². The zero-order chi connectivity index (χ0) is 8.31. The lowest BCUT2D eigenvalue weighted by molar-refractivity contribution is -0.138. The lowest BCUT2D eigenvalue weighted by Crippen LogP contribution is -2.29. The molecule has 0 aliphatic rings. The lowest BCUT2D eigenvalue weighted by atomic mass is 10.2. The third kappa shape index (κ3) is 2.58. The number of hydrogen-bond donors (Lipinski definition) is 2. The highest BCUT2D eigenvalue weighted by Gasteiger charge is 2.07. The van der Waals surface area contributed by atoms with E-state index >= 15 is 0 Å². The summed E-state index contributed by atoms with van der Waals surface area (Å²) in [6.45, 7) is 1.44. The Hall–Kier alpha value is -0.570. The van der Waals surface area contributed by atoms with Crippen LogP contribution >= 0.6 is 0 Å². The van der Waals surface area contributed by atoms with Crippen LogP contribution in [0.5, 0.6) is 0 Å². The van der Waals surface area contributed by atoms with Crippen LogP contribution in [0.15, 0.2) is 0 Å². The molecule has 0 amide bonds. The number of carboxylic acid groups (broad SMARTS) is 1. The summed E-state index contributed by atoms with van der Waals surface area (Å²) in [6.07, 6.45) is -1.80. The highest BCUT2D eigenvalue weighted by molar-refractivity contribution is 5.72. The minimum atomic E-state index is -1.24. The second kappa shape index (κ2) is 3.43. The van der Waals surface area contributed by atoms with Gasteiger partial charge < -0.3 is 10.8 Å². The van der Waals surface area contributed by atoms with Gasteiger partial charge in [0.2, 0.25) is 0 Å². The fourth-order valence-electron chi connectivity index (χ4n) is 0.290. The molecule has 8 heavy (non-hydrogen) atoms. The van der Waals surface area contributed by atoms with Crippen molar-refractivity contribution in [3.05, 3.63) is 0 Å². The summed E-state index contributed by atoms with van der Waals surface area (Å²) in [5, 5.41) is 8.27. The van der Waals surface area contributed by atoms with Gasteiger partial charge in [-0.1, -0.05) is 13.3 Å². The van der Waals surface area contributed by atoms with E-state index < -0.39 is 24.8 Å². The summed E-state index contributed by atoms with van der Waals surface area (Å²) in [7, 11) is 0. The highest BCUT2D eigenvalue weighted by atomic mass is 16.4. The van der Waals surface area contributed by atoms with Crippen LogP contribution in [0.25, 0.3) is 0 Å². The van der Waals surface area contributed by atoms with E-state index in [4.69, 9.17) is 13.6 Å². The molecular weight excluding hydrogens is 106 g/mol. The maximum Gasteiger partial charge on any atom is 0.320 e. The minimum Gasteiger partial charge on any atom is -0.480 e. The van der Waals surface area contributed by atoms with Gasteiger partial charge in [0, 0.05) is 2.74 Å². The average molecular weight is 119 g/mol. The summed E-state index contributed by atoms with van der Waals surface area (Å²) >= 11 is 0. The number of aliphatic carboxylic acids is 1. The van der Waals surface area contributed by atoms with E-state index in [1.54, 1.807) is 0 Å². The van der Waals surface area contributed by atoms with E-state index in [1.807, 2.05) is 0 Å². The Labute approximate surface area is 51.3 Å². The molecule has 0 aromatic carbocycles. The van der Waals surface area contributed by atoms with Crippen LogP contribution in [0, 0.1) is 0 Å². The van der Waals surface area contributed by atoms with Crippen LogP contribution in [0.4, 0.5) is 0 Å². The van der Waals surface area contributed by atoms with Gasteiger partial charge in [0.15, 0.2) is 0 Å². The normalized spacial score (nSPS) is 24.8. The molecule has 0 fully saturated rings. The molecule has 3 N–H and O–H groups in total. The summed E-state index contributed by atoms with van der Waals surface area (Å²) in [5.74, 6) is -1.22. The Bertz CT molecular complexity index is 129. The maximum atomic E-state index is 10.1. The molecule has 0 aliphatic carbocycles. The summed E-state index contributed by atoms with van der Waals surface area (Å²) in [6, 6.07) is -1.24. The molecule has 0 rings (SSSR count). The first-order chi connectivity index (χ1) is 4.46. The van der Waals surface area contributed by atoms with Gasteiger partial charge in [-0.3, -0.25) is 4.79 Å². The summed E-state index contributed by atoms with van der Waals surface area (Å²) in [5.41, 5.74) is 5.05. The number of nitrogens with two attached hydrogens (primary N) is 1. The molecule has 0 bridgehead atoms. The third-order valence-corrected chi connectivity index (χ3v) is 0.685. The predicted molar refractivity (Wildman–Crippen MR) is 30.5 cm³/mol. The largest absolute Gasteiger partial charge is 0.480 e. The molecule has 0 saturated heterocycles. The zero-order valence-corrected chi connectivity index (χ0v) is 4.66. The Morgan fingerprint density at radius 3 is 2.75 bits per heavy atom. The number of hydrogen-bond acceptors (Lipinski definition) is 2. The first-order valence-corrected chi connectivity index (χ1v) is 2.29. The molecule has 0 aromatic rings. The summed E-state index contributed by atoms with van der Waals surface area (Å²) < 4.78 is 14.0. The Kier molecular flexibility index (Phi) is 1.86. The van der Waals surface area contributed by atoms with Crippen molar-refractivity contribution in [1.29, 1.82) is 0 Å². The number of rotatable bonds is 3. The van der Waals surface area contributed by atoms with Crippen molar-refractivity contribution in [2.24, 2.45) is 5.73 Å². The van der Waals surface area contributed by atoms with Crippen molar-refractivity contribution in [1.82, 2.24) is 0 Å². The van der Waals surface area contributed by atoms with E-state index in [2.05, 4.69) is 0 Å². The van der Waals surface area contributed by atoms with Gasteiger partial charge in [0.1, 0.15) is 6.04 Å². The molecule has 0 radical (unpaired) electrons. The van der Waals surface area contributed by atoms with E-state index in [0.29, 0.717) is 0 Å². The van der Waals surface area contributed by atoms with Gasteiger partial charge in [0.25, 0.3) is 0 Å². The first kappa shape index (κ1) is 4.32. The molecular formula is C5H11NO2. The molecule has 48 valence electrons. The van der Waals surface area contributed by atoms with Crippen molar-refractivity contribution < 1.29 is 12.6 Å². The fraction of sp³-hybridized carbons (Fsp3) is 0.800. The number of carbonyl (C=O) groups is 1. The van der Waals surface area contributed by atoms with Gasteiger partial charge in [-0.2, -0.15) is 0 Å². The SMILES string of the molecule is [2H]C(C)C([2H])C(N)C(=O)O. The number of carboxylic acids is 1. The fourth-order valence-corrected chi connectivity index (χ4v) is 0.290. The second-order valence-corrected chi connectivity index (χ2v) is 1.39. The van der Waals surface area contributed by atoms with Crippen molar-refractivity contribution in [3.63, 3.8) is 0 Å². The minimum absolute atomic E-state index is 0.758. The van der Waals surface area contributed by atoms with Crippen LogP contribution < -0.4 is 5.73 Å². The topological polar surface area (TPSA) is 63.3 Å². The van der Waals surface area contributed by atoms with E-state index in [1.165, 1.54) is 6.92 Å². The summed E-state index contributed by atoms with van der Waals surface area (Å²) in [4.78, 5) is 10.1. The van der Waals surface area contributed by atoms with Crippen LogP contribution in [0.2, 0.25) is 0 Å². The van der Waals surface area contributed by atoms with Crippen molar-refractivity contribution in [2.75, 3.05) is 0 Å². The molecule has 0 aliphatic heterocycles. The van der Waals surface area contributed by atoms with E-state index in [9.17, 15) is 4.79 Å². The highest BCUT2D eigenvalue weighted by Crippen LogP contribution is 1.91. The maximum absolute atomic E-state index is 10.1. The van der Waals surface area contributed by atoms with Crippen LogP contribution in [-0.2, 0) is 4.79 Å². The van der Waals surface area contributed by atoms with Gasteiger partial charge in [0.05, 0.1) is 0 Å². The molecule has 3 unspecified atom stereocenters. The molecule has 3 heteroatoms. The van der Waals surface area contributed by atoms with Gasteiger partial charge in [-0.05, 0) is 6.40 Å². The molecule has 3 nitrogen and oxygen atoms in total.